The number of morpholine rings is 2. The van der Waals surface area contributed by atoms with E-state index in [1.165, 1.54) is 0 Å². The highest BCUT2D eigenvalue weighted by Gasteiger charge is 2.36. The molecule has 0 bridgehead atoms. The second-order valence-corrected chi connectivity index (χ2v) is 10.3. The van der Waals surface area contributed by atoms with Gasteiger partial charge in [-0.15, -0.1) is 0 Å². The molecule has 0 atom stereocenters. The zero-order valence-electron chi connectivity index (χ0n) is 21.9. The quantitative estimate of drug-likeness (QED) is 0.481. The summed E-state index contributed by atoms with van der Waals surface area (Å²) in [5, 5.41) is 2.24. The molecule has 1 N–H and O–H groups in total. The van der Waals surface area contributed by atoms with Crippen molar-refractivity contribution in [2.24, 2.45) is 0 Å². The van der Waals surface area contributed by atoms with Crippen LogP contribution in [0.3, 0.4) is 0 Å². The maximum absolute atomic E-state index is 12.9. The van der Waals surface area contributed by atoms with E-state index in [4.69, 9.17) is 14.2 Å². The second kappa shape index (κ2) is 13.0. The van der Waals surface area contributed by atoms with E-state index in [0.717, 1.165) is 35.4 Å². The number of rotatable bonds is 8. The maximum Gasteiger partial charge on any atom is 0.294 e. The van der Waals surface area contributed by atoms with Gasteiger partial charge in [-0.05, 0) is 59.8 Å². The molecule has 3 fully saturated rings. The minimum absolute atomic E-state index is 0.0711. The fourth-order valence-electron chi connectivity index (χ4n) is 4.42. The average Bonchev–Trinajstić information content (AvgIpc) is 3.25. The van der Waals surface area contributed by atoms with E-state index in [2.05, 4.69) is 10.2 Å². The molecule has 11 nitrogen and oxygen atoms in total. The number of amides is 4. The fraction of sp³-hybridized carbons (Fsp3) is 0.357. The van der Waals surface area contributed by atoms with Gasteiger partial charge >= 0.3 is 0 Å². The van der Waals surface area contributed by atoms with Crippen LogP contribution in [-0.4, -0.2) is 98.5 Å². The molecule has 4 amide bonds. The number of carbonyl (C=O) groups excluding carboxylic acids is 4. The lowest BCUT2D eigenvalue weighted by Crippen LogP contribution is -2.42. The largest absolute Gasteiger partial charge is 0.484 e. The number of thioether (sulfide) groups is 1. The van der Waals surface area contributed by atoms with Crippen LogP contribution < -0.4 is 15.0 Å². The summed E-state index contributed by atoms with van der Waals surface area (Å²) in [5.41, 5.74) is 2.30. The normalized spacial score (nSPS) is 18.8. The van der Waals surface area contributed by atoms with E-state index in [-0.39, 0.29) is 24.0 Å². The van der Waals surface area contributed by atoms with Crippen LogP contribution in [0.4, 0.5) is 16.2 Å². The van der Waals surface area contributed by atoms with E-state index in [1.807, 2.05) is 12.1 Å². The lowest BCUT2D eigenvalue weighted by molar-refractivity contribution is -0.137. The molecular formula is C28H30N4O7S. The molecule has 0 aromatic heterocycles. The summed E-state index contributed by atoms with van der Waals surface area (Å²) >= 11 is 0.788. The smallest absolute Gasteiger partial charge is 0.294 e. The molecule has 0 spiro atoms. The van der Waals surface area contributed by atoms with Crippen LogP contribution in [0.15, 0.2) is 53.4 Å². The van der Waals surface area contributed by atoms with Crippen LogP contribution in [0.1, 0.15) is 5.56 Å². The number of ether oxygens (including phenoxy) is 3. The summed E-state index contributed by atoms with van der Waals surface area (Å²) in [6.45, 7) is 4.71. The number of benzene rings is 2. The van der Waals surface area contributed by atoms with E-state index in [9.17, 15) is 19.2 Å². The van der Waals surface area contributed by atoms with Gasteiger partial charge in [-0.2, -0.15) is 0 Å². The summed E-state index contributed by atoms with van der Waals surface area (Å²) in [6.07, 6.45) is 1.59. The minimum Gasteiger partial charge on any atom is -0.484 e. The molecule has 0 aliphatic carbocycles. The second-order valence-electron chi connectivity index (χ2n) is 9.31. The van der Waals surface area contributed by atoms with Crippen molar-refractivity contribution >= 4 is 52.2 Å². The average molecular weight is 567 g/mol. The van der Waals surface area contributed by atoms with Gasteiger partial charge in [0.05, 0.1) is 31.3 Å². The van der Waals surface area contributed by atoms with Gasteiger partial charge in [-0.25, -0.2) is 0 Å². The summed E-state index contributed by atoms with van der Waals surface area (Å²) in [5.74, 6) is -0.573. The summed E-state index contributed by atoms with van der Waals surface area (Å²) in [7, 11) is 0. The first-order valence-corrected chi connectivity index (χ1v) is 13.8. The van der Waals surface area contributed by atoms with Crippen molar-refractivity contribution in [2.45, 2.75) is 0 Å². The third-order valence-corrected chi connectivity index (χ3v) is 7.51. The highest BCUT2D eigenvalue weighted by Crippen LogP contribution is 2.32. The van der Waals surface area contributed by atoms with Crippen LogP contribution in [0, 0.1) is 0 Å². The van der Waals surface area contributed by atoms with Crippen molar-refractivity contribution in [3.05, 3.63) is 59.0 Å². The number of hydrogen-bond donors (Lipinski definition) is 1. The number of hydrogen-bond acceptors (Lipinski definition) is 9. The summed E-state index contributed by atoms with van der Waals surface area (Å²) in [6, 6.07) is 14.3. The van der Waals surface area contributed by atoms with Gasteiger partial charge in [0.1, 0.15) is 12.3 Å². The Balaban J connectivity index is 1.12. The topological polar surface area (TPSA) is 118 Å². The molecule has 40 heavy (non-hydrogen) atoms. The van der Waals surface area contributed by atoms with Crippen molar-refractivity contribution < 1.29 is 33.4 Å². The lowest BCUT2D eigenvalue weighted by atomic mass is 10.2. The molecule has 0 radical (unpaired) electrons. The van der Waals surface area contributed by atoms with Crippen LogP contribution in [0.25, 0.3) is 6.08 Å². The van der Waals surface area contributed by atoms with Crippen LogP contribution in [0.2, 0.25) is 0 Å². The lowest BCUT2D eigenvalue weighted by Gasteiger charge is -2.28. The van der Waals surface area contributed by atoms with Crippen LogP contribution >= 0.6 is 11.8 Å². The first-order valence-electron chi connectivity index (χ1n) is 13.0. The number of carbonyl (C=O) groups is 4. The molecule has 2 aromatic rings. The van der Waals surface area contributed by atoms with Gasteiger partial charge in [0, 0.05) is 37.6 Å². The molecular weight excluding hydrogens is 536 g/mol. The monoisotopic (exact) mass is 566 g/mol. The number of nitrogens with zero attached hydrogens (tertiary/aromatic N) is 3. The van der Waals surface area contributed by atoms with E-state index < -0.39 is 17.1 Å². The first kappa shape index (κ1) is 27.7. The molecule has 3 saturated heterocycles. The Morgan fingerprint density at radius 1 is 0.900 bits per heavy atom. The van der Waals surface area contributed by atoms with Gasteiger partial charge < -0.3 is 29.3 Å². The highest BCUT2D eigenvalue weighted by molar-refractivity contribution is 8.18. The van der Waals surface area contributed by atoms with Crippen LogP contribution in [-0.2, 0) is 23.9 Å². The van der Waals surface area contributed by atoms with Gasteiger partial charge in [-0.3, -0.25) is 24.1 Å². The van der Waals surface area contributed by atoms with Gasteiger partial charge in [0.15, 0.2) is 6.61 Å². The maximum atomic E-state index is 12.9. The third kappa shape index (κ3) is 7.00. The van der Waals surface area contributed by atoms with Crippen molar-refractivity contribution in [3.8, 4) is 5.75 Å². The Morgan fingerprint density at radius 3 is 2.23 bits per heavy atom. The Bertz CT molecular complexity index is 1270. The van der Waals surface area contributed by atoms with Crippen molar-refractivity contribution in [3.63, 3.8) is 0 Å². The van der Waals surface area contributed by atoms with Crippen molar-refractivity contribution in [1.29, 1.82) is 0 Å². The van der Waals surface area contributed by atoms with Gasteiger partial charge in [0.2, 0.25) is 5.91 Å². The Kier molecular flexibility index (Phi) is 8.99. The predicted octanol–water partition coefficient (Wildman–Crippen LogP) is 2.44. The molecule has 3 heterocycles. The predicted molar refractivity (Wildman–Crippen MR) is 150 cm³/mol. The molecule has 3 aliphatic heterocycles. The summed E-state index contributed by atoms with van der Waals surface area (Å²) < 4.78 is 16.2. The molecule has 0 saturated carbocycles. The Morgan fingerprint density at radius 2 is 1.55 bits per heavy atom. The zero-order chi connectivity index (χ0) is 27.9. The number of nitrogens with one attached hydrogen (secondary N) is 1. The minimum atomic E-state index is -0.524. The van der Waals surface area contributed by atoms with Crippen molar-refractivity contribution in [2.75, 3.05) is 76.0 Å². The van der Waals surface area contributed by atoms with Crippen molar-refractivity contribution in [1.82, 2.24) is 9.80 Å². The van der Waals surface area contributed by atoms with E-state index in [0.29, 0.717) is 56.5 Å². The standard InChI is InChI=1S/C28H30N4O7S/c33-25(29-21-3-5-22(6-4-21)30-9-13-37-14-10-30)18-32-27(35)24(40-28(32)36)17-20-1-7-23(8-2-20)39-19-26(34)31-11-15-38-16-12-31/h1-8,17H,9-16,18-19H2,(H,29,33)/b24-17+. The molecule has 0 unspecified atom stereocenters. The molecule has 12 heteroatoms. The fourth-order valence-corrected chi connectivity index (χ4v) is 5.26. The van der Waals surface area contributed by atoms with Gasteiger partial charge in [0.25, 0.3) is 17.1 Å². The zero-order valence-corrected chi connectivity index (χ0v) is 22.7. The SMILES string of the molecule is O=C(CN1C(=O)S/C(=C/c2ccc(OCC(=O)N3CCOCC3)cc2)C1=O)Nc1ccc(N2CCOCC2)cc1. The number of anilines is 2. The summed E-state index contributed by atoms with van der Waals surface area (Å²) in [4.78, 5) is 55.3. The molecule has 3 aliphatic rings. The van der Waals surface area contributed by atoms with E-state index >= 15 is 0 Å². The molecule has 5 rings (SSSR count). The number of imide groups is 1. The first-order chi connectivity index (χ1) is 19.5. The van der Waals surface area contributed by atoms with Crippen LogP contribution in [0.5, 0.6) is 5.75 Å². The highest BCUT2D eigenvalue weighted by atomic mass is 32.2. The third-order valence-electron chi connectivity index (χ3n) is 6.61. The van der Waals surface area contributed by atoms with E-state index in [1.54, 1.807) is 47.4 Å². The molecule has 210 valence electrons. The Labute approximate surface area is 236 Å². The Hall–Kier alpha value is -3.87. The van der Waals surface area contributed by atoms with Gasteiger partial charge in [-0.1, -0.05) is 12.1 Å². The molecule has 2 aromatic carbocycles.